The van der Waals surface area contributed by atoms with Crippen molar-refractivity contribution in [2.45, 2.75) is 24.9 Å². The van der Waals surface area contributed by atoms with E-state index in [1.54, 1.807) is 0 Å². The van der Waals surface area contributed by atoms with E-state index in [0.29, 0.717) is 0 Å². The predicted molar refractivity (Wildman–Crippen MR) is 51.8 cm³/mol. The van der Waals surface area contributed by atoms with Gasteiger partial charge >= 0.3 is 5.69 Å². The van der Waals surface area contributed by atoms with Gasteiger partial charge in [-0.2, -0.15) is 0 Å². The standard InChI is InChI=1S/C9H11FN2O4/c10-5-3-8(16-6(5)4-13)12-2-1-7(14)11-9(12)15/h1-2,5-6,8,13H,3-4H2,(H,11,14,15)/t5?,6-,8-/m1/s1. The van der Waals surface area contributed by atoms with Gasteiger partial charge in [0.15, 0.2) is 0 Å². The summed E-state index contributed by atoms with van der Waals surface area (Å²) in [7, 11) is 0. The van der Waals surface area contributed by atoms with Gasteiger partial charge < -0.3 is 9.84 Å². The van der Waals surface area contributed by atoms with Crippen LogP contribution in [0.2, 0.25) is 0 Å². The molecule has 2 rings (SSSR count). The monoisotopic (exact) mass is 230 g/mol. The largest absolute Gasteiger partial charge is 0.394 e. The lowest BCUT2D eigenvalue weighted by atomic mass is 10.2. The molecule has 1 unspecified atom stereocenters. The second-order valence-corrected chi connectivity index (χ2v) is 3.58. The molecule has 0 spiro atoms. The first kappa shape index (κ1) is 11.0. The van der Waals surface area contributed by atoms with Gasteiger partial charge in [-0.3, -0.25) is 14.3 Å². The van der Waals surface area contributed by atoms with Crippen LogP contribution in [0.1, 0.15) is 12.6 Å². The molecular formula is C9H11FN2O4. The van der Waals surface area contributed by atoms with E-state index in [1.807, 2.05) is 0 Å². The minimum Gasteiger partial charge on any atom is -0.394 e. The van der Waals surface area contributed by atoms with Gasteiger partial charge in [-0.1, -0.05) is 0 Å². The molecular weight excluding hydrogens is 219 g/mol. The number of nitrogens with zero attached hydrogens (tertiary/aromatic N) is 1. The van der Waals surface area contributed by atoms with E-state index in [4.69, 9.17) is 9.84 Å². The maximum Gasteiger partial charge on any atom is 0.330 e. The highest BCUT2D eigenvalue weighted by Crippen LogP contribution is 2.29. The van der Waals surface area contributed by atoms with Crippen LogP contribution in [-0.2, 0) is 4.74 Å². The van der Waals surface area contributed by atoms with Gasteiger partial charge in [0.25, 0.3) is 5.56 Å². The molecule has 1 fully saturated rings. The van der Waals surface area contributed by atoms with Crippen LogP contribution in [0.3, 0.4) is 0 Å². The van der Waals surface area contributed by atoms with Gasteiger partial charge in [0.1, 0.15) is 18.5 Å². The molecule has 0 radical (unpaired) electrons. The van der Waals surface area contributed by atoms with Crippen LogP contribution in [0.4, 0.5) is 4.39 Å². The van der Waals surface area contributed by atoms with Crippen molar-refractivity contribution in [3.05, 3.63) is 33.1 Å². The van der Waals surface area contributed by atoms with Crippen molar-refractivity contribution in [3.63, 3.8) is 0 Å². The van der Waals surface area contributed by atoms with Crippen molar-refractivity contribution in [2.24, 2.45) is 0 Å². The number of rotatable bonds is 2. The number of aliphatic hydroxyl groups is 1. The average molecular weight is 230 g/mol. The number of halogens is 1. The molecule has 3 atom stereocenters. The highest BCUT2D eigenvalue weighted by Gasteiger charge is 2.36. The van der Waals surface area contributed by atoms with Crippen molar-refractivity contribution in [1.29, 1.82) is 0 Å². The number of aromatic amines is 1. The third-order valence-electron chi connectivity index (χ3n) is 2.50. The van der Waals surface area contributed by atoms with Crippen LogP contribution < -0.4 is 11.2 Å². The van der Waals surface area contributed by atoms with Gasteiger partial charge in [-0.25, -0.2) is 9.18 Å². The van der Waals surface area contributed by atoms with E-state index in [2.05, 4.69) is 4.98 Å². The van der Waals surface area contributed by atoms with Crippen LogP contribution in [0, 0.1) is 0 Å². The van der Waals surface area contributed by atoms with E-state index in [9.17, 15) is 14.0 Å². The molecule has 6 nitrogen and oxygen atoms in total. The highest BCUT2D eigenvalue weighted by atomic mass is 19.1. The normalized spacial score (nSPS) is 29.5. The minimum atomic E-state index is -1.31. The maximum absolute atomic E-state index is 13.3. The number of ether oxygens (including phenoxy) is 1. The zero-order valence-corrected chi connectivity index (χ0v) is 8.30. The van der Waals surface area contributed by atoms with E-state index < -0.39 is 36.4 Å². The number of aromatic nitrogens is 2. The molecule has 1 aliphatic rings. The van der Waals surface area contributed by atoms with Crippen molar-refractivity contribution in [1.82, 2.24) is 9.55 Å². The number of hydrogen-bond donors (Lipinski definition) is 2. The highest BCUT2D eigenvalue weighted by molar-refractivity contribution is 4.88. The molecule has 88 valence electrons. The minimum absolute atomic E-state index is 0.0167. The molecule has 2 N–H and O–H groups in total. The summed E-state index contributed by atoms with van der Waals surface area (Å²) in [6.07, 6.45) is -1.77. The number of aliphatic hydroxyl groups excluding tert-OH is 1. The summed E-state index contributed by atoms with van der Waals surface area (Å²) < 4.78 is 19.5. The zero-order chi connectivity index (χ0) is 11.7. The molecule has 16 heavy (non-hydrogen) atoms. The lowest BCUT2D eigenvalue weighted by Crippen LogP contribution is -2.31. The summed E-state index contributed by atoms with van der Waals surface area (Å²) in [6.45, 7) is -0.435. The summed E-state index contributed by atoms with van der Waals surface area (Å²) in [6, 6.07) is 1.16. The smallest absolute Gasteiger partial charge is 0.330 e. The summed E-state index contributed by atoms with van der Waals surface area (Å²) in [5.41, 5.74) is -1.17. The molecule has 1 aliphatic heterocycles. The first-order chi connectivity index (χ1) is 7.61. The summed E-state index contributed by atoms with van der Waals surface area (Å²) >= 11 is 0. The molecule has 2 heterocycles. The molecule has 1 aromatic heterocycles. The number of H-pyrrole nitrogens is 1. The maximum atomic E-state index is 13.3. The Morgan fingerprint density at radius 2 is 2.38 bits per heavy atom. The van der Waals surface area contributed by atoms with Gasteiger partial charge in [-0.15, -0.1) is 0 Å². The third kappa shape index (κ3) is 1.91. The van der Waals surface area contributed by atoms with E-state index >= 15 is 0 Å². The Hall–Kier alpha value is -1.47. The quantitative estimate of drug-likeness (QED) is 0.693. The lowest BCUT2D eigenvalue weighted by Gasteiger charge is -2.13. The second kappa shape index (κ2) is 4.18. The first-order valence-electron chi connectivity index (χ1n) is 4.83. The molecule has 0 aromatic carbocycles. The molecule has 0 saturated carbocycles. The predicted octanol–water partition coefficient (Wildman–Crippen LogP) is -0.845. The van der Waals surface area contributed by atoms with Gasteiger partial charge in [0, 0.05) is 18.7 Å². The van der Waals surface area contributed by atoms with E-state index in [-0.39, 0.29) is 6.42 Å². The van der Waals surface area contributed by atoms with Crippen LogP contribution >= 0.6 is 0 Å². The number of alkyl halides is 1. The Balaban J connectivity index is 2.27. The molecule has 1 saturated heterocycles. The fourth-order valence-electron chi connectivity index (χ4n) is 1.68. The van der Waals surface area contributed by atoms with Crippen molar-refractivity contribution in [3.8, 4) is 0 Å². The molecule has 0 amide bonds. The fourth-order valence-corrected chi connectivity index (χ4v) is 1.68. The zero-order valence-electron chi connectivity index (χ0n) is 8.30. The average Bonchev–Trinajstić information content (AvgIpc) is 2.59. The lowest BCUT2D eigenvalue weighted by molar-refractivity contribution is -0.0356. The van der Waals surface area contributed by atoms with E-state index in [1.165, 1.54) is 6.20 Å². The first-order valence-corrected chi connectivity index (χ1v) is 4.83. The van der Waals surface area contributed by atoms with E-state index in [0.717, 1.165) is 10.6 Å². The number of nitrogens with one attached hydrogen (secondary N) is 1. The molecule has 7 heteroatoms. The van der Waals surface area contributed by atoms with Crippen LogP contribution in [0.5, 0.6) is 0 Å². The fraction of sp³-hybridized carbons (Fsp3) is 0.556. The Morgan fingerprint density at radius 3 is 2.94 bits per heavy atom. The Bertz CT molecular complexity index is 483. The Labute approximate surface area is 89.3 Å². The van der Waals surface area contributed by atoms with Crippen LogP contribution in [-0.4, -0.2) is 33.5 Å². The SMILES string of the molecule is O=c1ccn([C@H]2CC(F)[C@@H](CO)O2)c(=O)[nH]1. The summed E-state index contributed by atoms with van der Waals surface area (Å²) in [5.74, 6) is 0. The molecule has 0 bridgehead atoms. The Kier molecular flexibility index (Phi) is 2.88. The number of hydrogen-bond acceptors (Lipinski definition) is 4. The molecule has 0 aliphatic carbocycles. The second-order valence-electron chi connectivity index (χ2n) is 3.58. The summed E-state index contributed by atoms with van der Waals surface area (Å²) in [5, 5.41) is 8.80. The van der Waals surface area contributed by atoms with Crippen LogP contribution in [0.15, 0.2) is 21.9 Å². The Morgan fingerprint density at radius 1 is 1.62 bits per heavy atom. The van der Waals surface area contributed by atoms with Crippen molar-refractivity contribution >= 4 is 0 Å². The summed E-state index contributed by atoms with van der Waals surface area (Å²) in [4.78, 5) is 24.2. The van der Waals surface area contributed by atoms with Crippen LogP contribution in [0.25, 0.3) is 0 Å². The van der Waals surface area contributed by atoms with Gasteiger partial charge in [0.2, 0.25) is 0 Å². The van der Waals surface area contributed by atoms with Gasteiger partial charge in [0.05, 0.1) is 6.61 Å². The van der Waals surface area contributed by atoms with Crippen molar-refractivity contribution in [2.75, 3.05) is 6.61 Å². The topological polar surface area (TPSA) is 84.3 Å². The molecule has 1 aromatic rings. The third-order valence-corrected chi connectivity index (χ3v) is 2.50. The van der Waals surface area contributed by atoms with Crippen molar-refractivity contribution < 1.29 is 14.2 Å². The van der Waals surface area contributed by atoms with Gasteiger partial charge in [-0.05, 0) is 0 Å².